The first-order valence-electron chi connectivity index (χ1n) is 5.91. The number of nitrogens with two attached hydrogens (primary N) is 1. The summed E-state index contributed by atoms with van der Waals surface area (Å²) < 4.78 is 31.9. The summed E-state index contributed by atoms with van der Waals surface area (Å²) in [6.07, 6.45) is 3.04. The van der Waals surface area contributed by atoms with Crippen molar-refractivity contribution in [2.75, 3.05) is 7.05 Å². The number of rotatable bonds is 5. The van der Waals surface area contributed by atoms with Crippen LogP contribution in [0.4, 0.5) is 0 Å². The molecule has 0 atom stereocenters. The minimum Gasteiger partial charge on any atom is -0.472 e. The molecule has 2 aromatic rings. The van der Waals surface area contributed by atoms with Crippen molar-refractivity contribution >= 4 is 26.0 Å². The Balaban J connectivity index is 2.34. The van der Waals surface area contributed by atoms with E-state index in [0.717, 1.165) is 11.1 Å². The van der Waals surface area contributed by atoms with E-state index in [1.54, 1.807) is 24.3 Å². The average Bonchev–Trinajstić information content (AvgIpc) is 2.92. The van der Waals surface area contributed by atoms with Crippen molar-refractivity contribution in [1.29, 1.82) is 0 Å². The molecule has 1 heterocycles. The number of furan rings is 1. The number of hydrogen-bond acceptors (Lipinski definition) is 4. The topological polar surface area (TPSA) is 76.5 Å². The fourth-order valence-electron chi connectivity index (χ4n) is 1.77. The lowest BCUT2D eigenvalue weighted by Gasteiger charge is -2.18. The van der Waals surface area contributed by atoms with Crippen LogP contribution in [-0.2, 0) is 23.1 Å². The predicted molar refractivity (Wildman–Crippen MR) is 79.4 cm³/mol. The first-order valence-corrected chi connectivity index (χ1v) is 8.14. The smallest absolute Gasteiger partial charge is 0.244 e. The van der Waals surface area contributed by atoms with Crippen LogP contribution in [0.3, 0.4) is 0 Å². The summed E-state index contributed by atoms with van der Waals surface area (Å²) in [5.41, 5.74) is 7.12. The van der Waals surface area contributed by atoms with Gasteiger partial charge in [-0.05, 0) is 39.7 Å². The van der Waals surface area contributed by atoms with E-state index in [2.05, 4.69) is 15.9 Å². The molecule has 0 aliphatic heterocycles. The van der Waals surface area contributed by atoms with Gasteiger partial charge in [-0.15, -0.1) is 0 Å². The van der Waals surface area contributed by atoms with Crippen LogP contribution in [0.5, 0.6) is 0 Å². The van der Waals surface area contributed by atoms with Crippen LogP contribution in [-0.4, -0.2) is 19.8 Å². The molecule has 20 heavy (non-hydrogen) atoms. The van der Waals surface area contributed by atoms with E-state index >= 15 is 0 Å². The molecule has 7 heteroatoms. The number of sulfonamides is 1. The molecule has 0 amide bonds. The van der Waals surface area contributed by atoms with Crippen LogP contribution in [0.15, 0.2) is 50.6 Å². The molecule has 0 spiro atoms. The Labute approximate surface area is 126 Å². The van der Waals surface area contributed by atoms with E-state index in [1.165, 1.54) is 23.9 Å². The third-order valence-electron chi connectivity index (χ3n) is 2.90. The van der Waals surface area contributed by atoms with Crippen molar-refractivity contribution in [1.82, 2.24) is 4.31 Å². The SMILES string of the molecule is CN(Cc1ccoc1)S(=O)(=O)c1cc(CN)ccc1Br. The monoisotopic (exact) mass is 358 g/mol. The van der Waals surface area contributed by atoms with Gasteiger partial charge in [-0.2, -0.15) is 4.31 Å². The number of nitrogens with zero attached hydrogens (tertiary/aromatic N) is 1. The van der Waals surface area contributed by atoms with E-state index in [4.69, 9.17) is 10.2 Å². The Bertz CT molecular complexity index is 684. The lowest BCUT2D eigenvalue weighted by Crippen LogP contribution is -2.26. The Morgan fingerprint density at radius 2 is 2.05 bits per heavy atom. The Kier molecular flexibility index (Phi) is 4.64. The van der Waals surface area contributed by atoms with Crippen LogP contribution in [0.1, 0.15) is 11.1 Å². The lowest BCUT2D eigenvalue weighted by atomic mass is 10.2. The van der Waals surface area contributed by atoms with Crippen molar-refractivity contribution in [3.05, 3.63) is 52.4 Å². The largest absolute Gasteiger partial charge is 0.472 e. The Morgan fingerprint density at radius 3 is 2.65 bits per heavy atom. The zero-order chi connectivity index (χ0) is 14.8. The minimum absolute atomic E-state index is 0.214. The van der Waals surface area contributed by atoms with Gasteiger partial charge in [0.25, 0.3) is 0 Å². The molecular formula is C13H15BrN2O3S. The van der Waals surface area contributed by atoms with Crippen LogP contribution < -0.4 is 5.73 Å². The highest BCUT2D eigenvalue weighted by atomic mass is 79.9. The van der Waals surface area contributed by atoms with Gasteiger partial charge in [0.2, 0.25) is 10.0 Å². The lowest BCUT2D eigenvalue weighted by molar-refractivity contribution is 0.463. The first-order chi connectivity index (χ1) is 9.45. The minimum atomic E-state index is -3.59. The third kappa shape index (κ3) is 3.12. The fourth-order valence-corrected chi connectivity index (χ4v) is 3.89. The molecule has 0 unspecified atom stereocenters. The van der Waals surface area contributed by atoms with Crippen LogP contribution in [0.2, 0.25) is 0 Å². The standard InChI is InChI=1S/C13H15BrN2O3S/c1-16(8-11-4-5-19-9-11)20(17,18)13-6-10(7-15)2-3-12(13)14/h2-6,9H,7-8,15H2,1H3. The van der Waals surface area contributed by atoms with Crippen LogP contribution in [0, 0.1) is 0 Å². The van der Waals surface area contributed by atoms with Gasteiger partial charge in [0.15, 0.2) is 0 Å². The molecule has 108 valence electrons. The van der Waals surface area contributed by atoms with Crippen molar-refractivity contribution in [2.24, 2.45) is 5.73 Å². The second kappa shape index (κ2) is 6.09. The summed E-state index contributed by atoms with van der Waals surface area (Å²) in [5, 5.41) is 0. The van der Waals surface area contributed by atoms with Crippen LogP contribution >= 0.6 is 15.9 Å². The molecule has 0 aliphatic carbocycles. The molecule has 0 bridgehead atoms. The molecule has 5 nitrogen and oxygen atoms in total. The van der Waals surface area contributed by atoms with Gasteiger partial charge in [0, 0.05) is 30.2 Å². The normalized spacial score (nSPS) is 12.0. The highest BCUT2D eigenvalue weighted by molar-refractivity contribution is 9.10. The summed E-state index contributed by atoms with van der Waals surface area (Å²) in [7, 11) is -2.06. The van der Waals surface area contributed by atoms with E-state index in [9.17, 15) is 8.42 Å². The third-order valence-corrected chi connectivity index (χ3v) is 5.70. The van der Waals surface area contributed by atoms with Gasteiger partial charge in [-0.1, -0.05) is 6.07 Å². The van der Waals surface area contributed by atoms with Gasteiger partial charge in [-0.25, -0.2) is 8.42 Å². The van der Waals surface area contributed by atoms with Gasteiger partial charge < -0.3 is 10.2 Å². The van der Waals surface area contributed by atoms with Gasteiger partial charge in [0.1, 0.15) is 0 Å². The molecule has 0 fully saturated rings. The predicted octanol–water partition coefficient (Wildman–Crippen LogP) is 2.32. The van der Waals surface area contributed by atoms with Crippen molar-refractivity contribution in [2.45, 2.75) is 18.0 Å². The second-order valence-corrected chi connectivity index (χ2v) is 7.23. The number of hydrogen-bond donors (Lipinski definition) is 1. The zero-order valence-corrected chi connectivity index (χ0v) is 13.3. The Hall–Kier alpha value is -1.15. The maximum Gasteiger partial charge on any atom is 0.244 e. The quantitative estimate of drug-likeness (QED) is 0.889. The van der Waals surface area contributed by atoms with E-state index < -0.39 is 10.0 Å². The zero-order valence-electron chi connectivity index (χ0n) is 10.9. The summed E-state index contributed by atoms with van der Waals surface area (Å²) in [6, 6.07) is 6.81. The van der Waals surface area contributed by atoms with Crippen molar-refractivity contribution in [3.63, 3.8) is 0 Å². The van der Waals surface area contributed by atoms with Gasteiger partial charge in [0.05, 0.1) is 17.4 Å². The summed E-state index contributed by atoms with van der Waals surface area (Å²) >= 11 is 3.28. The molecular weight excluding hydrogens is 344 g/mol. The maximum absolute atomic E-state index is 12.6. The second-order valence-electron chi connectivity index (χ2n) is 4.36. The van der Waals surface area contributed by atoms with E-state index in [-0.39, 0.29) is 11.4 Å². The molecule has 1 aromatic heterocycles. The number of benzene rings is 1. The van der Waals surface area contributed by atoms with E-state index in [0.29, 0.717) is 11.0 Å². The summed E-state index contributed by atoms with van der Waals surface area (Å²) in [6.45, 7) is 0.541. The van der Waals surface area contributed by atoms with Gasteiger partial charge >= 0.3 is 0 Å². The highest BCUT2D eigenvalue weighted by Crippen LogP contribution is 2.26. The first kappa shape index (κ1) is 15.2. The summed E-state index contributed by atoms with van der Waals surface area (Å²) in [5.74, 6) is 0. The maximum atomic E-state index is 12.6. The number of halogens is 1. The molecule has 2 rings (SSSR count). The van der Waals surface area contributed by atoms with Crippen molar-refractivity contribution < 1.29 is 12.8 Å². The van der Waals surface area contributed by atoms with Gasteiger partial charge in [-0.3, -0.25) is 0 Å². The van der Waals surface area contributed by atoms with E-state index in [1.807, 2.05) is 0 Å². The molecule has 0 saturated carbocycles. The molecule has 0 radical (unpaired) electrons. The molecule has 1 aromatic carbocycles. The molecule has 0 saturated heterocycles. The highest BCUT2D eigenvalue weighted by Gasteiger charge is 2.24. The molecule has 0 aliphatic rings. The molecule has 2 N–H and O–H groups in total. The summed E-state index contributed by atoms with van der Waals surface area (Å²) in [4.78, 5) is 0.214. The fraction of sp³-hybridized carbons (Fsp3) is 0.231. The van der Waals surface area contributed by atoms with Crippen molar-refractivity contribution in [3.8, 4) is 0 Å². The average molecular weight is 359 g/mol. The van der Waals surface area contributed by atoms with Crippen LogP contribution in [0.25, 0.3) is 0 Å². The Morgan fingerprint density at radius 1 is 1.30 bits per heavy atom.